The molecule has 0 saturated carbocycles. The van der Waals surface area contributed by atoms with Gasteiger partial charge in [-0.3, -0.25) is 9.59 Å². The second-order valence-corrected chi connectivity index (χ2v) is 9.62. The number of hydrogen-bond acceptors (Lipinski definition) is 5. The SMILES string of the molecule is CC(C)(C)NC(=O)c1coc([C@H]2[C@@H](Cc3ccccc3CCC(=O)O)[C@@H]3CC[C@H]2O3)n1. The molecule has 7 nitrogen and oxygen atoms in total. The summed E-state index contributed by atoms with van der Waals surface area (Å²) in [6.07, 6.45) is 4.95. The number of carbonyl (C=O) groups is 2. The number of aliphatic carboxylic acids is 1. The molecule has 0 unspecified atom stereocenters. The quantitative estimate of drug-likeness (QED) is 0.700. The second-order valence-electron chi connectivity index (χ2n) is 9.62. The zero-order valence-corrected chi connectivity index (χ0v) is 18.3. The second kappa shape index (κ2) is 8.46. The van der Waals surface area contributed by atoms with E-state index in [4.69, 9.17) is 14.3 Å². The molecule has 2 saturated heterocycles. The molecule has 1 amide bonds. The average molecular weight is 427 g/mol. The minimum absolute atomic E-state index is 0.0116. The predicted octanol–water partition coefficient (Wildman–Crippen LogP) is 3.72. The van der Waals surface area contributed by atoms with Gasteiger partial charge in [-0.1, -0.05) is 24.3 Å². The van der Waals surface area contributed by atoms with E-state index in [0.29, 0.717) is 12.3 Å². The molecule has 31 heavy (non-hydrogen) atoms. The number of fused-ring (bicyclic) bond motifs is 2. The number of nitrogens with zero attached hydrogens (tertiary/aromatic N) is 1. The average Bonchev–Trinajstić information content (AvgIpc) is 3.42. The van der Waals surface area contributed by atoms with Crippen LogP contribution in [-0.2, 0) is 22.4 Å². The number of amides is 1. The molecule has 0 radical (unpaired) electrons. The van der Waals surface area contributed by atoms with Gasteiger partial charge in [0.25, 0.3) is 5.91 Å². The topological polar surface area (TPSA) is 102 Å². The zero-order valence-electron chi connectivity index (χ0n) is 18.3. The number of oxazole rings is 1. The van der Waals surface area contributed by atoms with Crippen molar-refractivity contribution in [2.75, 3.05) is 0 Å². The first-order valence-electron chi connectivity index (χ1n) is 10.9. The van der Waals surface area contributed by atoms with Crippen molar-refractivity contribution in [3.8, 4) is 0 Å². The molecule has 0 aliphatic carbocycles. The Morgan fingerprint density at radius 2 is 1.87 bits per heavy atom. The monoisotopic (exact) mass is 426 g/mol. The first-order valence-corrected chi connectivity index (χ1v) is 10.9. The van der Waals surface area contributed by atoms with Crippen molar-refractivity contribution in [2.45, 2.75) is 76.5 Å². The van der Waals surface area contributed by atoms with E-state index in [2.05, 4.69) is 16.4 Å². The van der Waals surface area contributed by atoms with E-state index in [1.807, 2.05) is 39.0 Å². The molecule has 2 aliphatic rings. The van der Waals surface area contributed by atoms with Crippen LogP contribution in [0, 0.1) is 5.92 Å². The van der Waals surface area contributed by atoms with Crippen LogP contribution in [0.4, 0.5) is 0 Å². The number of carboxylic acid groups (broad SMARTS) is 1. The Bertz CT molecular complexity index is 961. The number of carboxylic acids is 1. The maximum Gasteiger partial charge on any atom is 0.303 e. The van der Waals surface area contributed by atoms with Crippen LogP contribution in [0.25, 0.3) is 0 Å². The van der Waals surface area contributed by atoms with Crippen molar-refractivity contribution in [3.05, 3.63) is 53.2 Å². The number of aryl methyl sites for hydroxylation is 1. The lowest BCUT2D eigenvalue weighted by atomic mass is 9.75. The van der Waals surface area contributed by atoms with Crippen molar-refractivity contribution in [1.29, 1.82) is 0 Å². The third-order valence-electron chi connectivity index (χ3n) is 6.14. The fraction of sp³-hybridized carbons (Fsp3) is 0.542. The number of nitrogens with one attached hydrogen (secondary N) is 1. The van der Waals surface area contributed by atoms with Gasteiger partial charge in [-0.15, -0.1) is 0 Å². The van der Waals surface area contributed by atoms with E-state index in [9.17, 15) is 9.59 Å². The molecule has 4 atom stereocenters. The van der Waals surface area contributed by atoms with E-state index < -0.39 is 5.97 Å². The van der Waals surface area contributed by atoms with E-state index in [-0.39, 0.29) is 47.6 Å². The van der Waals surface area contributed by atoms with Gasteiger partial charge < -0.3 is 19.6 Å². The summed E-state index contributed by atoms with van der Waals surface area (Å²) in [4.78, 5) is 28.1. The Morgan fingerprint density at radius 3 is 2.58 bits per heavy atom. The van der Waals surface area contributed by atoms with Gasteiger partial charge >= 0.3 is 5.97 Å². The molecule has 2 aliphatic heterocycles. The molecular weight excluding hydrogens is 396 g/mol. The Hall–Kier alpha value is -2.67. The lowest BCUT2D eigenvalue weighted by molar-refractivity contribution is -0.136. The zero-order chi connectivity index (χ0) is 22.2. The third kappa shape index (κ3) is 4.82. The lowest BCUT2D eigenvalue weighted by Crippen LogP contribution is -2.40. The third-order valence-corrected chi connectivity index (χ3v) is 6.14. The summed E-state index contributed by atoms with van der Waals surface area (Å²) in [5.74, 6) is -0.317. The Balaban J connectivity index is 1.54. The van der Waals surface area contributed by atoms with Crippen molar-refractivity contribution >= 4 is 11.9 Å². The lowest BCUT2D eigenvalue weighted by Gasteiger charge is -2.26. The normalized spacial score (nSPS) is 25.0. The summed E-state index contributed by atoms with van der Waals surface area (Å²) < 4.78 is 12.0. The number of benzene rings is 1. The predicted molar refractivity (Wildman–Crippen MR) is 114 cm³/mol. The minimum Gasteiger partial charge on any atom is -0.481 e. The summed E-state index contributed by atoms with van der Waals surface area (Å²) in [5.41, 5.74) is 2.14. The van der Waals surface area contributed by atoms with Crippen molar-refractivity contribution < 1.29 is 23.8 Å². The number of hydrogen-bond donors (Lipinski definition) is 2. The Labute approximate surface area is 182 Å². The Morgan fingerprint density at radius 1 is 1.16 bits per heavy atom. The van der Waals surface area contributed by atoms with E-state index in [0.717, 1.165) is 30.4 Å². The van der Waals surface area contributed by atoms with Gasteiger partial charge in [-0.25, -0.2) is 4.98 Å². The molecule has 2 fully saturated rings. The van der Waals surface area contributed by atoms with Gasteiger partial charge in [0.05, 0.1) is 18.1 Å². The van der Waals surface area contributed by atoms with Gasteiger partial charge in [0.1, 0.15) is 6.26 Å². The number of carbonyl (C=O) groups excluding carboxylic acids is 1. The molecule has 0 spiro atoms. The summed E-state index contributed by atoms with van der Waals surface area (Å²) >= 11 is 0. The molecule has 2 N–H and O–H groups in total. The van der Waals surface area contributed by atoms with Gasteiger partial charge in [-0.2, -0.15) is 0 Å². The number of ether oxygens (including phenoxy) is 1. The molecule has 3 heterocycles. The molecule has 1 aromatic heterocycles. The maximum absolute atomic E-state index is 12.5. The Kier molecular flexibility index (Phi) is 5.88. The molecule has 7 heteroatoms. The number of rotatable bonds is 7. The van der Waals surface area contributed by atoms with Crippen LogP contribution in [0.1, 0.15) is 73.5 Å². The fourth-order valence-corrected chi connectivity index (χ4v) is 4.82. The molecule has 2 bridgehead atoms. The minimum atomic E-state index is -0.795. The first-order chi connectivity index (χ1) is 14.7. The highest BCUT2D eigenvalue weighted by Gasteiger charge is 2.51. The fourth-order valence-electron chi connectivity index (χ4n) is 4.82. The van der Waals surface area contributed by atoms with Gasteiger partial charge in [0, 0.05) is 17.9 Å². The van der Waals surface area contributed by atoms with Crippen LogP contribution in [0.3, 0.4) is 0 Å². The molecule has 166 valence electrons. The van der Waals surface area contributed by atoms with Crippen LogP contribution in [-0.4, -0.2) is 39.7 Å². The highest BCUT2D eigenvalue weighted by atomic mass is 16.5. The van der Waals surface area contributed by atoms with Crippen LogP contribution >= 0.6 is 0 Å². The first kappa shape index (κ1) is 21.6. The summed E-state index contributed by atoms with van der Waals surface area (Å²) in [6.45, 7) is 5.77. The van der Waals surface area contributed by atoms with Crippen LogP contribution in [0.5, 0.6) is 0 Å². The summed E-state index contributed by atoms with van der Waals surface area (Å²) in [5, 5.41) is 12.0. The number of aromatic nitrogens is 1. The molecule has 4 rings (SSSR count). The van der Waals surface area contributed by atoms with Crippen molar-refractivity contribution in [2.24, 2.45) is 5.92 Å². The van der Waals surface area contributed by atoms with Crippen LogP contribution in [0.15, 0.2) is 34.9 Å². The van der Waals surface area contributed by atoms with E-state index in [1.54, 1.807) is 0 Å². The molecule has 1 aromatic carbocycles. The van der Waals surface area contributed by atoms with Gasteiger partial charge in [0.2, 0.25) is 5.89 Å². The van der Waals surface area contributed by atoms with Gasteiger partial charge in [-0.05, 0) is 57.6 Å². The van der Waals surface area contributed by atoms with E-state index in [1.165, 1.54) is 6.26 Å². The largest absolute Gasteiger partial charge is 0.481 e. The van der Waals surface area contributed by atoms with Gasteiger partial charge in [0.15, 0.2) is 5.69 Å². The van der Waals surface area contributed by atoms with Crippen LogP contribution in [0.2, 0.25) is 0 Å². The standard InChI is InChI=1S/C24H30N2O5/c1-24(2,3)26-22(29)17-13-30-23(25-17)21-16(18-9-10-19(21)31-18)12-15-7-5-4-6-14(15)8-11-20(27)28/h4-7,13,16,18-19,21H,8-12H2,1-3H3,(H,26,29)(H,27,28)/t16-,18-,19+,21-/m0/s1. The van der Waals surface area contributed by atoms with Crippen molar-refractivity contribution in [1.82, 2.24) is 10.3 Å². The summed E-state index contributed by atoms with van der Waals surface area (Å²) in [7, 11) is 0. The highest BCUT2D eigenvalue weighted by Crippen LogP contribution is 2.50. The van der Waals surface area contributed by atoms with E-state index >= 15 is 0 Å². The molecular formula is C24H30N2O5. The van der Waals surface area contributed by atoms with Crippen LogP contribution < -0.4 is 5.32 Å². The smallest absolute Gasteiger partial charge is 0.303 e. The molecule has 2 aromatic rings. The maximum atomic E-state index is 12.5. The highest BCUT2D eigenvalue weighted by molar-refractivity contribution is 5.92. The van der Waals surface area contributed by atoms with Crippen molar-refractivity contribution in [3.63, 3.8) is 0 Å². The summed E-state index contributed by atoms with van der Waals surface area (Å²) in [6, 6.07) is 8.01.